The van der Waals surface area contributed by atoms with Gasteiger partial charge in [0.1, 0.15) is 6.61 Å². The third kappa shape index (κ3) is 4.80. The first-order valence-electron chi connectivity index (χ1n) is 4.84. The van der Waals surface area contributed by atoms with Crippen LogP contribution < -0.4 is 0 Å². The smallest absolute Gasteiger partial charge is 0.325 e. The number of benzene rings is 1. The fourth-order valence-electron chi connectivity index (χ4n) is 0.952. The van der Waals surface area contributed by atoms with Gasteiger partial charge in [-0.2, -0.15) is 8.42 Å². The van der Waals surface area contributed by atoms with Crippen molar-refractivity contribution in [3.8, 4) is 0 Å². The van der Waals surface area contributed by atoms with E-state index in [1.165, 1.54) is 19.2 Å². The highest BCUT2D eigenvalue weighted by Crippen LogP contribution is 2.13. The SMILES string of the molecule is COCCOOOS(=O)(=O)c1ccc(C)cc1. The lowest BCUT2D eigenvalue weighted by Gasteiger charge is -2.04. The second-order valence-electron chi connectivity index (χ2n) is 3.22. The molecule has 1 rings (SSSR count). The maximum Gasteiger partial charge on any atom is 0.325 e. The summed E-state index contributed by atoms with van der Waals surface area (Å²) >= 11 is 0. The van der Waals surface area contributed by atoms with Gasteiger partial charge in [0.05, 0.1) is 11.5 Å². The molecule has 0 N–H and O–H groups in total. The summed E-state index contributed by atoms with van der Waals surface area (Å²) in [7, 11) is -2.47. The molecule has 1 aromatic rings. The molecule has 17 heavy (non-hydrogen) atoms. The minimum atomic E-state index is -3.95. The maximum atomic E-state index is 11.5. The first-order valence-corrected chi connectivity index (χ1v) is 6.25. The van der Waals surface area contributed by atoms with Gasteiger partial charge in [-0.05, 0) is 19.1 Å². The molecule has 0 heterocycles. The van der Waals surface area contributed by atoms with Crippen LogP contribution in [0.5, 0.6) is 0 Å². The van der Waals surface area contributed by atoms with Crippen LogP contribution in [-0.4, -0.2) is 28.7 Å². The van der Waals surface area contributed by atoms with E-state index in [9.17, 15) is 8.42 Å². The van der Waals surface area contributed by atoms with Crippen molar-refractivity contribution in [2.24, 2.45) is 0 Å². The molecule has 0 aliphatic heterocycles. The van der Waals surface area contributed by atoms with E-state index in [4.69, 9.17) is 0 Å². The van der Waals surface area contributed by atoms with E-state index in [0.29, 0.717) is 0 Å². The van der Waals surface area contributed by atoms with Gasteiger partial charge in [0, 0.05) is 7.11 Å². The van der Waals surface area contributed by atoms with Crippen LogP contribution in [0.25, 0.3) is 0 Å². The lowest BCUT2D eigenvalue weighted by Crippen LogP contribution is -2.10. The van der Waals surface area contributed by atoms with Crippen molar-refractivity contribution in [1.29, 1.82) is 0 Å². The largest absolute Gasteiger partial charge is 0.382 e. The number of hydrogen-bond acceptors (Lipinski definition) is 6. The Labute approximate surface area is 100 Å². The number of aryl methyl sites for hydroxylation is 1. The molecule has 0 spiro atoms. The van der Waals surface area contributed by atoms with Gasteiger partial charge in [-0.15, -0.1) is 0 Å². The average Bonchev–Trinajstić information content (AvgIpc) is 2.29. The normalized spacial score (nSPS) is 11.6. The predicted octanol–water partition coefficient (Wildman–Crippen LogP) is 1.21. The molecular weight excluding hydrogens is 248 g/mol. The summed E-state index contributed by atoms with van der Waals surface area (Å²) in [6, 6.07) is 6.15. The Bertz CT molecular complexity index is 425. The Morgan fingerprint density at radius 2 is 1.76 bits per heavy atom. The van der Waals surface area contributed by atoms with Crippen LogP contribution in [0.3, 0.4) is 0 Å². The van der Waals surface area contributed by atoms with Crippen LogP contribution in [0.4, 0.5) is 0 Å². The lowest BCUT2D eigenvalue weighted by atomic mass is 10.2. The van der Waals surface area contributed by atoms with Crippen molar-refractivity contribution in [3.63, 3.8) is 0 Å². The van der Waals surface area contributed by atoms with E-state index >= 15 is 0 Å². The predicted molar refractivity (Wildman–Crippen MR) is 58.4 cm³/mol. The number of methoxy groups -OCH3 is 1. The van der Waals surface area contributed by atoms with E-state index in [1.807, 2.05) is 6.92 Å². The van der Waals surface area contributed by atoms with Gasteiger partial charge in [-0.3, -0.25) is 0 Å². The highest BCUT2D eigenvalue weighted by Gasteiger charge is 2.16. The molecule has 0 saturated carbocycles. The maximum absolute atomic E-state index is 11.5. The van der Waals surface area contributed by atoms with Crippen molar-refractivity contribution in [2.45, 2.75) is 11.8 Å². The van der Waals surface area contributed by atoms with Crippen LogP contribution >= 0.6 is 0 Å². The quantitative estimate of drug-likeness (QED) is 0.418. The highest BCUT2D eigenvalue weighted by atomic mass is 32.2. The minimum absolute atomic E-state index is 0.00144. The Balaban J connectivity index is 2.48. The molecule has 0 amide bonds. The van der Waals surface area contributed by atoms with Gasteiger partial charge in [0.15, 0.2) is 0 Å². The van der Waals surface area contributed by atoms with E-state index in [0.717, 1.165) is 5.56 Å². The zero-order chi connectivity index (χ0) is 12.7. The van der Waals surface area contributed by atoms with Crippen molar-refractivity contribution in [2.75, 3.05) is 20.3 Å². The summed E-state index contributed by atoms with van der Waals surface area (Å²) in [5.41, 5.74) is 0.946. The zero-order valence-corrected chi connectivity index (χ0v) is 10.4. The van der Waals surface area contributed by atoms with Gasteiger partial charge in [0.2, 0.25) is 0 Å². The minimum Gasteiger partial charge on any atom is -0.382 e. The number of hydrogen-bond donors (Lipinski definition) is 0. The van der Waals surface area contributed by atoms with E-state index < -0.39 is 10.1 Å². The Hall–Kier alpha value is -0.990. The van der Waals surface area contributed by atoms with Gasteiger partial charge < -0.3 is 4.74 Å². The molecular formula is C10H14O6S. The van der Waals surface area contributed by atoms with Gasteiger partial charge >= 0.3 is 10.1 Å². The van der Waals surface area contributed by atoms with E-state index in [-0.39, 0.29) is 18.1 Å². The number of rotatable bonds is 7. The second-order valence-corrected chi connectivity index (χ2v) is 4.73. The monoisotopic (exact) mass is 262 g/mol. The fourth-order valence-corrected chi connectivity index (χ4v) is 1.61. The molecule has 6 nitrogen and oxygen atoms in total. The topological polar surface area (TPSA) is 71.1 Å². The molecule has 96 valence electrons. The fraction of sp³-hybridized carbons (Fsp3) is 0.400. The van der Waals surface area contributed by atoms with E-state index in [1.54, 1.807) is 12.1 Å². The summed E-state index contributed by atoms with van der Waals surface area (Å²) in [5, 5.41) is 4.12. The molecule has 0 aliphatic rings. The van der Waals surface area contributed by atoms with E-state index in [2.05, 4.69) is 19.0 Å². The average molecular weight is 262 g/mol. The third-order valence-corrected chi connectivity index (χ3v) is 2.93. The molecule has 0 radical (unpaired) electrons. The zero-order valence-electron chi connectivity index (χ0n) is 9.58. The van der Waals surface area contributed by atoms with Crippen molar-refractivity contribution in [3.05, 3.63) is 29.8 Å². The molecule has 0 fully saturated rings. The highest BCUT2D eigenvalue weighted by molar-refractivity contribution is 7.86. The molecule has 0 unspecified atom stereocenters. The Morgan fingerprint density at radius 1 is 1.12 bits per heavy atom. The molecule has 0 atom stereocenters. The molecule has 0 aromatic heterocycles. The van der Waals surface area contributed by atoms with Gasteiger partial charge in [0.25, 0.3) is 0 Å². The lowest BCUT2D eigenvalue weighted by molar-refractivity contribution is -0.465. The molecule has 0 saturated heterocycles. The summed E-state index contributed by atoms with van der Waals surface area (Å²) in [6.07, 6.45) is 0. The third-order valence-electron chi connectivity index (χ3n) is 1.85. The molecule has 1 aromatic carbocycles. The van der Waals surface area contributed by atoms with Crippen LogP contribution in [0.15, 0.2) is 29.2 Å². The first-order chi connectivity index (χ1) is 8.06. The molecule has 7 heteroatoms. The summed E-state index contributed by atoms with van der Waals surface area (Å²) in [4.78, 5) is 4.43. The van der Waals surface area contributed by atoms with Crippen LogP contribution in [-0.2, 0) is 29.1 Å². The van der Waals surface area contributed by atoms with Gasteiger partial charge in [-0.25, -0.2) is 4.89 Å². The standard InChI is InChI=1S/C10H14O6S/c1-9-3-5-10(6-4-9)17(11,12)16-15-14-8-7-13-2/h3-6H,7-8H2,1-2H3. The van der Waals surface area contributed by atoms with Crippen LogP contribution in [0.2, 0.25) is 0 Å². The van der Waals surface area contributed by atoms with Crippen molar-refractivity contribution in [1.82, 2.24) is 0 Å². The summed E-state index contributed by atoms with van der Waals surface area (Å²) in [5.74, 6) is 0. The second kappa shape index (κ2) is 6.67. The summed E-state index contributed by atoms with van der Waals surface area (Å²) in [6.45, 7) is 2.19. The van der Waals surface area contributed by atoms with Crippen molar-refractivity contribution >= 4 is 10.1 Å². The van der Waals surface area contributed by atoms with Crippen LogP contribution in [0, 0.1) is 6.92 Å². The van der Waals surface area contributed by atoms with Gasteiger partial charge in [-0.1, -0.05) is 27.1 Å². The number of ether oxygens (including phenoxy) is 1. The molecule has 0 bridgehead atoms. The Kier molecular flexibility index (Phi) is 5.52. The van der Waals surface area contributed by atoms with Crippen molar-refractivity contribution < 1.29 is 27.4 Å². The summed E-state index contributed by atoms with van der Waals surface area (Å²) < 4.78 is 31.9. The van der Waals surface area contributed by atoms with Crippen LogP contribution in [0.1, 0.15) is 5.56 Å². The first kappa shape index (κ1) is 14.1. The molecule has 0 aliphatic carbocycles. The Morgan fingerprint density at radius 3 is 2.35 bits per heavy atom.